The summed E-state index contributed by atoms with van der Waals surface area (Å²) in [7, 11) is -1.25. The van der Waals surface area contributed by atoms with Crippen LogP contribution in [0.2, 0.25) is 0 Å². The van der Waals surface area contributed by atoms with Gasteiger partial charge in [-0.2, -0.15) is 0 Å². The average molecular weight is 229 g/mol. The van der Waals surface area contributed by atoms with E-state index < -0.39 is 16.1 Å². The van der Waals surface area contributed by atoms with Crippen LogP contribution in [0.4, 0.5) is 4.79 Å². The van der Waals surface area contributed by atoms with E-state index in [9.17, 15) is 13.2 Å². The lowest BCUT2D eigenvalue weighted by Gasteiger charge is -2.16. The maximum atomic E-state index is 11.8. The smallest absolute Gasteiger partial charge is 0.330 e. The van der Waals surface area contributed by atoms with E-state index in [4.69, 9.17) is 0 Å². The van der Waals surface area contributed by atoms with Crippen LogP contribution in [0.3, 0.4) is 0 Å². The van der Waals surface area contributed by atoms with Gasteiger partial charge in [0.1, 0.15) is 4.90 Å². The first-order chi connectivity index (χ1) is 7.00. The van der Waals surface area contributed by atoms with E-state index in [-0.39, 0.29) is 4.90 Å². The van der Waals surface area contributed by atoms with Crippen LogP contribution >= 0.6 is 0 Å². The zero-order valence-electron chi connectivity index (χ0n) is 8.34. The summed E-state index contributed by atoms with van der Waals surface area (Å²) >= 11 is 0. The van der Waals surface area contributed by atoms with Gasteiger partial charge in [0.15, 0.2) is 0 Å². The summed E-state index contributed by atoms with van der Waals surface area (Å²) < 4.78 is 24.1. The lowest BCUT2D eigenvalue weighted by molar-refractivity contribution is 0.230. The molecule has 0 aliphatic heterocycles. The molecule has 1 aromatic heterocycles. The molecule has 0 aliphatic rings. The molecule has 2 amide bonds. The molecular weight excluding hydrogens is 218 g/mol. The summed E-state index contributed by atoms with van der Waals surface area (Å²) in [5, 5.41) is 2.23. The Hall–Kier alpha value is -1.63. The molecule has 0 atom stereocenters. The third-order valence-corrected chi connectivity index (χ3v) is 3.52. The minimum Gasteiger partial charge on any atom is -0.340 e. The maximum Gasteiger partial charge on any atom is 0.330 e. The third kappa shape index (κ3) is 2.24. The number of hydrogen-bond acceptors (Lipinski definition) is 4. The van der Waals surface area contributed by atoms with Crippen molar-refractivity contribution < 1.29 is 13.2 Å². The van der Waals surface area contributed by atoms with Crippen molar-refractivity contribution in [2.45, 2.75) is 4.90 Å². The minimum atomic E-state index is -3.79. The average Bonchev–Trinajstić information content (AvgIpc) is 2.28. The van der Waals surface area contributed by atoms with Gasteiger partial charge in [-0.25, -0.2) is 17.5 Å². The molecule has 1 rings (SSSR count). The van der Waals surface area contributed by atoms with E-state index in [1.54, 1.807) is 0 Å². The number of nitrogens with zero attached hydrogens (tertiary/aromatic N) is 2. The molecule has 15 heavy (non-hydrogen) atoms. The molecular formula is C8H11N3O3S. The number of aromatic nitrogens is 1. The number of carbonyl (C=O) groups is 1. The van der Waals surface area contributed by atoms with Crippen LogP contribution in [0.5, 0.6) is 0 Å². The zero-order valence-corrected chi connectivity index (χ0v) is 9.15. The van der Waals surface area contributed by atoms with Gasteiger partial charge >= 0.3 is 6.03 Å². The van der Waals surface area contributed by atoms with E-state index in [0.29, 0.717) is 4.31 Å². The van der Waals surface area contributed by atoms with Gasteiger partial charge < -0.3 is 5.32 Å². The number of hydrogen-bond donors (Lipinski definition) is 1. The van der Waals surface area contributed by atoms with Crippen LogP contribution in [-0.4, -0.2) is 37.8 Å². The number of sulfonamides is 1. The molecule has 0 aromatic carbocycles. The lowest BCUT2D eigenvalue weighted by atomic mass is 10.5. The van der Waals surface area contributed by atoms with Crippen molar-refractivity contribution in [2.75, 3.05) is 14.1 Å². The number of nitrogens with one attached hydrogen (secondary N) is 1. The van der Waals surface area contributed by atoms with Crippen molar-refractivity contribution in [3.8, 4) is 0 Å². The number of pyridine rings is 1. The van der Waals surface area contributed by atoms with Crippen molar-refractivity contribution in [2.24, 2.45) is 0 Å². The number of amides is 2. The van der Waals surface area contributed by atoms with Crippen LogP contribution < -0.4 is 5.32 Å². The van der Waals surface area contributed by atoms with Gasteiger partial charge in [0.05, 0.1) is 0 Å². The topological polar surface area (TPSA) is 79.4 Å². The Morgan fingerprint density at radius 2 is 2.20 bits per heavy atom. The molecule has 7 heteroatoms. The molecule has 0 bridgehead atoms. The van der Waals surface area contributed by atoms with Gasteiger partial charge in [0.2, 0.25) is 0 Å². The molecule has 1 heterocycles. The highest BCUT2D eigenvalue weighted by molar-refractivity contribution is 7.89. The lowest BCUT2D eigenvalue weighted by Crippen LogP contribution is -2.39. The Balaban J connectivity index is 3.09. The standard InChI is InChI=1S/C8H11N3O3S/c1-9-8(12)11(2)15(13,14)7-4-3-5-10-6-7/h3-6H,1-2H3,(H,9,12). The monoisotopic (exact) mass is 229 g/mol. The first kappa shape index (κ1) is 11.4. The highest BCUT2D eigenvalue weighted by Gasteiger charge is 2.24. The molecule has 6 nitrogen and oxygen atoms in total. The molecule has 0 saturated heterocycles. The van der Waals surface area contributed by atoms with Crippen molar-refractivity contribution >= 4 is 16.1 Å². The van der Waals surface area contributed by atoms with Gasteiger partial charge in [-0.1, -0.05) is 0 Å². The fraction of sp³-hybridized carbons (Fsp3) is 0.250. The molecule has 1 aromatic rings. The summed E-state index contributed by atoms with van der Waals surface area (Å²) in [6.45, 7) is 0. The van der Waals surface area contributed by atoms with E-state index >= 15 is 0 Å². The van der Waals surface area contributed by atoms with Gasteiger partial charge in [-0.05, 0) is 12.1 Å². The number of urea groups is 1. The second-order valence-corrected chi connectivity index (χ2v) is 4.69. The Kier molecular flexibility index (Phi) is 3.25. The fourth-order valence-electron chi connectivity index (χ4n) is 0.924. The zero-order chi connectivity index (χ0) is 11.5. The summed E-state index contributed by atoms with van der Waals surface area (Å²) in [6, 6.07) is 2.17. The number of rotatable bonds is 2. The Labute approximate surface area is 88.0 Å². The molecule has 0 fully saturated rings. The molecule has 0 saturated carbocycles. The van der Waals surface area contributed by atoms with Crippen molar-refractivity contribution in [3.63, 3.8) is 0 Å². The van der Waals surface area contributed by atoms with E-state index in [1.807, 2.05) is 0 Å². The van der Waals surface area contributed by atoms with Crippen LogP contribution in [0, 0.1) is 0 Å². The van der Waals surface area contributed by atoms with E-state index in [0.717, 1.165) is 0 Å². The normalized spacial score (nSPS) is 10.8. The SMILES string of the molecule is CNC(=O)N(C)S(=O)(=O)c1cccnc1. The Bertz CT molecular complexity index is 443. The molecule has 1 N–H and O–H groups in total. The predicted octanol–water partition coefficient (Wildman–Crippen LogP) is 0.0415. The van der Waals surface area contributed by atoms with Crippen molar-refractivity contribution in [1.82, 2.24) is 14.6 Å². The van der Waals surface area contributed by atoms with Crippen molar-refractivity contribution in [1.29, 1.82) is 0 Å². The highest BCUT2D eigenvalue weighted by atomic mass is 32.2. The second kappa shape index (κ2) is 4.26. The predicted molar refractivity (Wildman–Crippen MR) is 53.6 cm³/mol. The van der Waals surface area contributed by atoms with Crippen LogP contribution in [0.25, 0.3) is 0 Å². The van der Waals surface area contributed by atoms with E-state index in [1.165, 1.54) is 38.6 Å². The van der Waals surface area contributed by atoms with Crippen LogP contribution in [0.1, 0.15) is 0 Å². The fourth-order valence-corrected chi connectivity index (χ4v) is 1.99. The maximum absolute atomic E-state index is 11.8. The van der Waals surface area contributed by atoms with Gasteiger partial charge in [0, 0.05) is 26.5 Å². The molecule has 0 aliphatic carbocycles. The highest BCUT2D eigenvalue weighted by Crippen LogP contribution is 2.11. The van der Waals surface area contributed by atoms with Crippen LogP contribution in [-0.2, 0) is 10.0 Å². The van der Waals surface area contributed by atoms with Crippen molar-refractivity contribution in [3.05, 3.63) is 24.5 Å². The summed E-state index contributed by atoms with van der Waals surface area (Å²) in [5.41, 5.74) is 0. The summed E-state index contributed by atoms with van der Waals surface area (Å²) in [5.74, 6) is 0. The first-order valence-corrected chi connectivity index (χ1v) is 5.55. The molecule has 0 radical (unpaired) electrons. The largest absolute Gasteiger partial charge is 0.340 e. The van der Waals surface area contributed by atoms with Crippen LogP contribution in [0.15, 0.2) is 29.4 Å². The summed E-state index contributed by atoms with van der Waals surface area (Å²) in [4.78, 5) is 14.8. The number of carbonyl (C=O) groups excluding carboxylic acids is 1. The van der Waals surface area contributed by atoms with E-state index in [2.05, 4.69) is 10.3 Å². The second-order valence-electron chi connectivity index (χ2n) is 2.72. The molecule has 82 valence electrons. The van der Waals surface area contributed by atoms with Gasteiger partial charge in [-0.3, -0.25) is 4.98 Å². The molecule has 0 unspecified atom stereocenters. The molecule has 0 spiro atoms. The quantitative estimate of drug-likeness (QED) is 0.776. The van der Waals surface area contributed by atoms with Gasteiger partial charge in [0.25, 0.3) is 10.0 Å². The first-order valence-electron chi connectivity index (χ1n) is 4.11. The minimum absolute atomic E-state index is 0.0175. The Morgan fingerprint density at radius 1 is 1.53 bits per heavy atom. The third-order valence-electron chi connectivity index (χ3n) is 1.79. The summed E-state index contributed by atoms with van der Waals surface area (Å²) in [6.07, 6.45) is 2.65. The van der Waals surface area contributed by atoms with Gasteiger partial charge in [-0.15, -0.1) is 0 Å². The Morgan fingerprint density at radius 3 is 2.67 bits per heavy atom.